The highest BCUT2D eigenvalue weighted by Crippen LogP contribution is 2.11. The predicted molar refractivity (Wildman–Crippen MR) is 32.3 cm³/mol. The fourth-order valence-electron chi connectivity index (χ4n) is 0.433. The van der Waals surface area contributed by atoms with Crippen LogP contribution >= 0.6 is 0 Å². The van der Waals surface area contributed by atoms with Crippen molar-refractivity contribution in [2.24, 2.45) is 0 Å². The van der Waals surface area contributed by atoms with Crippen LogP contribution in [0.5, 0.6) is 0 Å². The van der Waals surface area contributed by atoms with Crippen molar-refractivity contribution in [1.82, 2.24) is 0 Å². The SMILES string of the molecule is CCC(O)(O)CCC#N. The van der Waals surface area contributed by atoms with Gasteiger partial charge in [0.1, 0.15) is 0 Å². The smallest absolute Gasteiger partial charge is 0.163 e. The minimum absolute atomic E-state index is 0.139. The zero-order chi connectivity index (χ0) is 7.33. The van der Waals surface area contributed by atoms with Crippen molar-refractivity contribution in [1.29, 1.82) is 5.26 Å². The Balaban J connectivity index is 3.48. The van der Waals surface area contributed by atoms with Gasteiger partial charge in [-0.15, -0.1) is 0 Å². The van der Waals surface area contributed by atoms with Crippen molar-refractivity contribution < 1.29 is 10.2 Å². The lowest BCUT2D eigenvalue weighted by molar-refractivity contribution is -0.165. The Bertz CT molecular complexity index is 115. The number of rotatable bonds is 3. The molecular weight excluding hydrogens is 118 g/mol. The fourth-order valence-corrected chi connectivity index (χ4v) is 0.433. The number of hydrogen-bond donors (Lipinski definition) is 2. The lowest BCUT2D eigenvalue weighted by Crippen LogP contribution is -2.26. The van der Waals surface area contributed by atoms with Gasteiger partial charge >= 0.3 is 0 Å². The Morgan fingerprint density at radius 1 is 1.56 bits per heavy atom. The Hall–Kier alpha value is -0.590. The molecule has 0 saturated carbocycles. The van der Waals surface area contributed by atoms with E-state index in [0.717, 1.165) is 0 Å². The molecule has 0 fully saturated rings. The Labute approximate surface area is 54.5 Å². The molecule has 0 atom stereocenters. The summed E-state index contributed by atoms with van der Waals surface area (Å²) in [5.74, 6) is -1.63. The third-order valence-electron chi connectivity index (χ3n) is 1.20. The minimum Gasteiger partial charge on any atom is -0.366 e. The van der Waals surface area contributed by atoms with Crippen molar-refractivity contribution in [3.05, 3.63) is 0 Å². The van der Waals surface area contributed by atoms with E-state index < -0.39 is 5.79 Å². The second kappa shape index (κ2) is 3.44. The van der Waals surface area contributed by atoms with Crippen LogP contribution < -0.4 is 0 Å². The molecule has 0 aliphatic carbocycles. The van der Waals surface area contributed by atoms with Crippen molar-refractivity contribution >= 4 is 0 Å². The van der Waals surface area contributed by atoms with E-state index in [9.17, 15) is 0 Å². The average molecular weight is 129 g/mol. The molecule has 0 aromatic carbocycles. The molecular formula is C6H11NO2. The Morgan fingerprint density at radius 2 is 2.11 bits per heavy atom. The zero-order valence-corrected chi connectivity index (χ0v) is 5.46. The number of nitriles is 1. The van der Waals surface area contributed by atoms with Crippen molar-refractivity contribution in [3.63, 3.8) is 0 Å². The van der Waals surface area contributed by atoms with E-state index in [2.05, 4.69) is 0 Å². The molecule has 9 heavy (non-hydrogen) atoms. The number of nitrogens with zero attached hydrogens (tertiary/aromatic N) is 1. The van der Waals surface area contributed by atoms with Gasteiger partial charge in [0.2, 0.25) is 0 Å². The molecule has 0 amide bonds. The third-order valence-corrected chi connectivity index (χ3v) is 1.20. The molecule has 0 rings (SSSR count). The van der Waals surface area contributed by atoms with E-state index in [1.165, 1.54) is 0 Å². The zero-order valence-electron chi connectivity index (χ0n) is 5.46. The second-order valence-corrected chi connectivity index (χ2v) is 1.99. The summed E-state index contributed by atoms with van der Waals surface area (Å²) in [4.78, 5) is 0. The van der Waals surface area contributed by atoms with E-state index in [0.29, 0.717) is 0 Å². The van der Waals surface area contributed by atoms with Crippen molar-refractivity contribution in [2.45, 2.75) is 32.0 Å². The largest absolute Gasteiger partial charge is 0.366 e. The molecule has 0 heterocycles. The van der Waals surface area contributed by atoms with Crippen LogP contribution in [0.2, 0.25) is 0 Å². The van der Waals surface area contributed by atoms with Crippen LogP contribution in [-0.4, -0.2) is 16.0 Å². The van der Waals surface area contributed by atoms with Crippen LogP contribution in [-0.2, 0) is 0 Å². The highest BCUT2D eigenvalue weighted by molar-refractivity contribution is 4.74. The first kappa shape index (κ1) is 8.41. The molecule has 0 bridgehead atoms. The van der Waals surface area contributed by atoms with Crippen LogP contribution in [0.1, 0.15) is 26.2 Å². The highest BCUT2D eigenvalue weighted by atomic mass is 16.5. The summed E-state index contributed by atoms with van der Waals surface area (Å²) in [7, 11) is 0. The first-order valence-corrected chi connectivity index (χ1v) is 2.94. The van der Waals surface area contributed by atoms with E-state index >= 15 is 0 Å². The van der Waals surface area contributed by atoms with Gasteiger partial charge in [-0.2, -0.15) is 5.26 Å². The first-order valence-electron chi connectivity index (χ1n) is 2.94. The summed E-state index contributed by atoms with van der Waals surface area (Å²) in [6.07, 6.45) is 0.607. The number of aliphatic hydroxyl groups is 2. The summed E-state index contributed by atoms with van der Waals surface area (Å²) in [5, 5.41) is 25.8. The summed E-state index contributed by atoms with van der Waals surface area (Å²) in [6, 6.07) is 1.84. The average Bonchev–Trinajstić information content (AvgIpc) is 1.84. The van der Waals surface area contributed by atoms with Gasteiger partial charge in [0.25, 0.3) is 0 Å². The van der Waals surface area contributed by atoms with Crippen LogP contribution in [0.15, 0.2) is 0 Å². The molecule has 0 radical (unpaired) electrons. The molecule has 0 aromatic heterocycles. The summed E-state index contributed by atoms with van der Waals surface area (Å²) < 4.78 is 0. The van der Waals surface area contributed by atoms with E-state index in [4.69, 9.17) is 15.5 Å². The third kappa shape index (κ3) is 3.95. The molecule has 2 N–H and O–H groups in total. The molecule has 0 aliphatic rings. The summed E-state index contributed by atoms with van der Waals surface area (Å²) in [6.45, 7) is 1.66. The van der Waals surface area contributed by atoms with E-state index in [-0.39, 0.29) is 19.3 Å². The van der Waals surface area contributed by atoms with Gasteiger partial charge in [-0.3, -0.25) is 0 Å². The van der Waals surface area contributed by atoms with E-state index in [1.54, 1.807) is 6.92 Å². The standard InChI is InChI=1S/C6H11NO2/c1-2-6(8,9)4-3-5-7/h8-9H,2-4H2,1H3. The molecule has 0 saturated heterocycles. The summed E-state index contributed by atoms with van der Waals surface area (Å²) in [5.41, 5.74) is 0. The summed E-state index contributed by atoms with van der Waals surface area (Å²) >= 11 is 0. The molecule has 0 unspecified atom stereocenters. The van der Waals surface area contributed by atoms with Gasteiger partial charge in [0.15, 0.2) is 5.79 Å². The van der Waals surface area contributed by atoms with Gasteiger partial charge in [-0.1, -0.05) is 6.92 Å². The Morgan fingerprint density at radius 3 is 2.44 bits per heavy atom. The van der Waals surface area contributed by atoms with Crippen molar-refractivity contribution in [2.75, 3.05) is 0 Å². The number of hydrogen-bond acceptors (Lipinski definition) is 3. The van der Waals surface area contributed by atoms with Crippen molar-refractivity contribution in [3.8, 4) is 6.07 Å². The molecule has 0 aliphatic heterocycles. The maximum absolute atomic E-state index is 8.86. The minimum atomic E-state index is -1.63. The van der Waals surface area contributed by atoms with Gasteiger partial charge < -0.3 is 10.2 Å². The second-order valence-electron chi connectivity index (χ2n) is 1.99. The lowest BCUT2D eigenvalue weighted by atomic mass is 10.1. The normalized spacial score (nSPS) is 10.9. The lowest BCUT2D eigenvalue weighted by Gasteiger charge is -2.16. The maximum Gasteiger partial charge on any atom is 0.163 e. The molecule has 3 heteroatoms. The highest BCUT2D eigenvalue weighted by Gasteiger charge is 2.18. The molecule has 52 valence electrons. The van der Waals surface area contributed by atoms with Gasteiger partial charge in [0, 0.05) is 12.8 Å². The van der Waals surface area contributed by atoms with Crippen LogP contribution in [0, 0.1) is 11.3 Å². The van der Waals surface area contributed by atoms with Gasteiger partial charge in [-0.05, 0) is 6.42 Å². The molecule has 0 aromatic rings. The fraction of sp³-hybridized carbons (Fsp3) is 0.833. The molecule has 3 nitrogen and oxygen atoms in total. The quantitative estimate of drug-likeness (QED) is 0.541. The Kier molecular flexibility index (Phi) is 3.21. The van der Waals surface area contributed by atoms with Gasteiger partial charge in [0.05, 0.1) is 6.07 Å². The predicted octanol–water partition coefficient (Wildman–Crippen LogP) is 0.381. The molecule has 0 spiro atoms. The van der Waals surface area contributed by atoms with Gasteiger partial charge in [-0.25, -0.2) is 0 Å². The maximum atomic E-state index is 8.86. The van der Waals surface area contributed by atoms with Crippen LogP contribution in [0.3, 0.4) is 0 Å². The van der Waals surface area contributed by atoms with Crippen LogP contribution in [0.25, 0.3) is 0 Å². The monoisotopic (exact) mass is 129 g/mol. The van der Waals surface area contributed by atoms with Crippen LogP contribution in [0.4, 0.5) is 0 Å². The van der Waals surface area contributed by atoms with E-state index in [1.807, 2.05) is 6.07 Å². The first-order chi connectivity index (χ1) is 4.12. The topological polar surface area (TPSA) is 64.2 Å².